The fraction of sp³-hybridized carbons (Fsp3) is 0.939. The van der Waals surface area contributed by atoms with Gasteiger partial charge in [-0.2, -0.15) is 0 Å². The summed E-state index contributed by atoms with van der Waals surface area (Å²) in [5.41, 5.74) is 2.04. The molecule has 5 fully saturated rings. The number of amides is 1. The summed E-state index contributed by atoms with van der Waals surface area (Å²) in [5, 5.41) is 0. The van der Waals surface area contributed by atoms with Gasteiger partial charge in [0.05, 0.1) is 0 Å². The Bertz CT molecular complexity index is 962. The Morgan fingerprint density at radius 3 is 2.16 bits per heavy atom. The summed E-state index contributed by atoms with van der Waals surface area (Å²) >= 11 is 0. The van der Waals surface area contributed by atoms with Crippen LogP contribution in [0.4, 0.5) is 0 Å². The number of hydrogen-bond donors (Lipinski definition) is 0. The highest BCUT2D eigenvalue weighted by Gasteiger charge is 2.82. The van der Waals surface area contributed by atoms with Crippen LogP contribution in [0.15, 0.2) is 0 Å². The maximum absolute atomic E-state index is 13.2. The number of carbonyl (C=O) groups is 2. The second-order valence-corrected chi connectivity index (χ2v) is 15.7. The number of ether oxygens (including phenoxy) is 1. The van der Waals surface area contributed by atoms with E-state index >= 15 is 0 Å². The molecule has 38 heavy (non-hydrogen) atoms. The molecule has 5 rings (SSSR count). The Morgan fingerprint density at radius 2 is 1.50 bits per heavy atom. The molecule has 9 atom stereocenters. The minimum Gasteiger partial charge on any atom is -0.377 e. The Hall–Kier alpha value is -0.940. The number of fused-ring (bicyclic) bond motifs is 2. The summed E-state index contributed by atoms with van der Waals surface area (Å²) in [6.07, 6.45) is 12.7. The summed E-state index contributed by atoms with van der Waals surface area (Å²) in [4.78, 5) is 29.6. The number of carbonyl (C=O) groups excluding carboxylic acids is 2. The number of Topliss-reactive ketones (excluding diaryl/α,β-unsaturated/α-hetero) is 1. The highest BCUT2D eigenvalue weighted by molar-refractivity contribution is 5.85. The van der Waals surface area contributed by atoms with Crippen molar-refractivity contribution in [1.29, 1.82) is 0 Å². The molecule has 0 saturated heterocycles. The van der Waals surface area contributed by atoms with E-state index in [1.54, 1.807) is 0 Å². The molecular weight excluding hydrogens is 472 g/mol. The van der Waals surface area contributed by atoms with Crippen molar-refractivity contribution in [2.24, 2.45) is 44.8 Å². The average molecular weight is 529 g/mol. The first-order valence-corrected chi connectivity index (χ1v) is 15.6. The Kier molecular flexibility index (Phi) is 6.99. The van der Waals surface area contributed by atoms with E-state index in [4.69, 9.17) is 4.74 Å². The van der Waals surface area contributed by atoms with Crippen LogP contribution in [0.1, 0.15) is 105 Å². The van der Waals surface area contributed by atoms with Crippen LogP contribution in [-0.2, 0) is 14.3 Å². The van der Waals surface area contributed by atoms with Gasteiger partial charge in [-0.25, -0.2) is 0 Å². The van der Waals surface area contributed by atoms with Crippen molar-refractivity contribution >= 4 is 11.7 Å². The summed E-state index contributed by atoms with van der Waals surface area (Å²) in [7, 11) is 8.08. The smallest absolute Gasteiger partial charge is 0.223 e. The van der Waals surface area contributed by atoms with Crippen LogP contribution in [-0.4, -0.2) is 68.4 Å². The maximum atomic E-state index is 13.2. The third-order valence-electron chi connectivity index (χ3n) is 14.3. The molecule has 5 aliphatic carbocycles. The second-order valence-electron chi connectivity index (χ2n) is 15.7. The van der Waals surface area contributed by atoms with Crippen molar-refractivity contribution < 1.29 is 14.3 Å². The van der Waals surface area contributed by atoms with Gasteiger partial charge in [-0.15, -0.1) is 0 Å². The van der Waals surface area contributed by atoms with Crippen LogP contribution >= 0.6 is 0 Å². The van der Waals surface area contributed by atoms with Crippen molar-refractivity contribution in [1.82, 2.24) is 9.80 Å². The highest BCUT2D eigenvalue weighted by Crippen LogP contribution is 2.89. The lowest BCUT2D eigenvalue weighted by molar-refractivity contribution is -0.160. The van der Waals surface area contributed by atoms with Crippen molar-refractivity contribution in [2.45, 2.75) is 117 Å². The van der Waals surface area contributed by atoms with Crippen LogP contribution in [0.3, 0.4) is 0 Å². The monoisotopic (exact) mass is 528 g/mol. The number of nitrogens with zero attached hydrogens (tertiary/aromatic N) is 2. The lowest BCUT2D eigenvalue weighted by Gasteiger charge is -2.64. The van der Waals surface area contributed by atoms with E-state index in [9.17, 15) is 9.59 Å². The first-order valence-electron chi connectivity index (χ1n) is 15.6. The number of methoxy groups -OCH3 is 1. The first kappa shape index (κ1) is 28.6. The summed E-state index contributed by atoms with van der Waals surface area (Å²) in [5.74, 6) is 2.50. The summed E-state index contributed by atoms with van der Waals surface area (Å²) in [6.45, 7) is 12.9. The maximum Gasteiger partial charge on any atom is 0.223 e. The lowest BCUT2D eigenvalue weighted by Crippen LogP contribution is -2.60. The number of ketones is 1. The third kappa shape index (κ3) is 3.68. The minimum absolute atomic E-state index is 0.0151. The molecule has 1 unspecified atom stereocenters. The fourth-order valence-electron chi connectivity index (χ4n) is 12.0. The Labute approximate surface area is 232 Å². The Balaban J connectivity index is 1.34. The van der Waals surface area contributed by atoms with Crippen molar-refractivity contribution in [3.8, 4) is 0 Å². The molecular formula is C33H56N2O3. The molecule has 5 saturated carbocycles. The molecule has 5 nitrogen and oxygen atoms in total. The van der Waals surface area contributed by atoms with E-state index in [0.29, 0.717) is 40.0 Å². The molecule has 0 radical (unpaired) electrons. The van der Waals surface area contributed by atoms with Crippen LogP contribution < -0.4 is 0 Å². The molecule has 2 spiro atoms. The molecule has 0 aromatic carbocycles. The third-order valence-corrected chi connectivity index (χ3v) is 14.3. The molecule has 0 bridgehead atoms. The van der Waals surface area contributed by atoms with E-state index in [1.807, 2.05) is 11.9 Å². The quantitative estimate of drug-likeness (QED) is 0.376. The summed E-state index contributed by atoms with van der Waals surface area (Å²) in [6, 6.07) is 0.909. The number of rotatable bonds is 8. The van der Waals surface area contributed by atoms with Gasteiger partial charge in [-0.05, 0) is 124 Å². The molecule has 0 aliphatic heterocycles. The molecule has 216 valence electrons. The van der Waals surface area contributed by atoms with Crippen molar-refractivity contribution in [2.75, 3.05) is 34.9 Å². The average Bonchev–Trinajstić information content (AvgIpc) is 3.43. The standard InChI is InChI=1S/C33H56N2O3/c1-22(34(6)7)24-14-16-31(5)26-12-11-25-29(2,3)27(35(8)28(37)13-10-23(36)20-38-9)15-17-32(25)21-33(26,32)19-18-30(24,31)4/h22,24-27H,10-21H2,1-9H3/t22-,24+,25-,26-,27?,30+,31-,32+,33-/m0/s1. The van der Waals surface area contributed by atoms with E-state index in [-0.39, 0.29) is 36.2 Å². The first-order chi connectivity index (χ1) is 17.7. The van der Waals surface area contributed by atoms with Crippen LogP contribution in [0, 0.1) is 44.8 Å². The van der Waals surface area contributed by atoms with Gasteiger partial charge in [-0.1, -0.05) is 27.7 Å². The largest absolute Gasteiger partial charge is 0.377 e. The molecule has 1 amide bonds. The fourth-order valence-corrected chi connectivity index (χ4v) is 12.0. The van der Waals surface area contributed by atoms with E-state index in [1.165, 1.54) is 58.5 Å². The zero-order chi connectivity index (χ0) is 27.9. The molecule has 0 N–H and O–H groups in total. The van der Waals surface area contributed by atoms with Crippen LogP contribution in [0.2, 0.25) is 0 Å². The van der Waals surface area contributed by atoms with Crippen molar-refractivity contribution in [3.63, 3.8) is 0 Å². The molecule has 5 heteroatoms. The highest BCUT2D eigenvalue weighted by atomic mass is 16.5. The van der Waals surface area contributed by atoms with E-state index in [2.05, 4.69) is 53.6 Å². The number of hydrogen-bond acceptors (Lipinski definition) is 4. The van der Waals surface area contributed by atoms with Crippen LogP contribution in [0.5, 0.6) is 0 Å². The second kappa shape index (κ2) is 9.29. The minimum atomic E-state index is 0.0151. The molecule has 0 aromatic rings. The lowest BCUT2D eigenvalue weighted by atomic mass is 9.41. The van der Waals surface area contributed by atoms with Gasteiger partial charge in [0.25, 0.3) is 0 Å². The van der Waals surface area contributed by atoms with Gasteiger partial charge in [-0.3, -0.25) is 9.59 Å². The van der Waals surface area contributed by atoms with Gasteiger partial charge in [0.15, 0.2) is 5.78 Å². The van der Waals surface area contributed by atoms with Gasteiger partial charge < -0.3 is 14.5 Å². The van der Waals surface area contributed by atoms with Crippen LogP contribution in [0.25, 0.3) is 0 Å². The zero-order valence-electron chi connectivity index (χ0n) is 26.0. The van der Waals surface area contributed by atoms with E-state index < -0.39 is 0 Å². The van der Waals surface area contributed by atoms with Gasteiger partial charge in [0, 0.05) is 39.1 Å². The zero-order valence-corrected chi connectivity index (χ0v) is 26.0. The predicted molar refractivity (Wildman–Crippen MR) is 153 cm³/mol. The van der Waals surface area contributed by atoms with Gasteiger partial charge in [0.2, 0.25) is 5.91 Å². The Morgan fingerprint density at radius 1 is 0.842 bits per heavy atom. The normalized spacial score (nSPS) is 45.4. The van der Waals surface area contributed by atoms with Crippen molar-refractivity contribution in [3.05, 3.63) is 0 Å². The van der Waals surface area contributed by atoms with E-state index in [0.717, 1.165) is 18.3 Å². The molecule has 0 aromatic heterocycles. The van der Waals surface area contributed by atoms with Gasteiger partial charge in [0.1, 0.15) is 6.61 Å². The predicted octanol–water partition coefficient (Wildman–Crippen LogP) is 6.20. The summed E-state index contributed by atoms with van der Waals surface area (Å²) < 4.78 is 4.95. The SMILES string of the molecule is COCC(=O)CCC(=O)N(C)C1CC[C@]23C[C@]24CC[C@]2(C)[C@@H]([C@H](C)N(C)C)CC[C@@]2(C)[C@@H]4CC[C@H]3C1(C)C. The van der Waals surface area contributed by atoms with Gasteiger partial charge >= 0.3 is 0 Å². The topological polar surface area (TPSA) is 49.9 Å². The molecule has 0 heterocycles. The molecule has 5 aliphatic rings.